The van der Waals surface area contributed by atoms with E-state index in [1.807, 2.05) is 6.07 Å². The Hall–Kier alpha value is -2.26. The fraction of sp³-hybridized carbons (Fsp3) is 0.125. The molecule has 2 aromatic rings. The van der Waals surface area contributed by atoms with Gasteiger partial charge in [0.25, 0.3) is 5.78 Å². The predicted octanol–water partition coefficient (Wildman–Crippen LogP) is 2.72. The molecule has 0 amide bonds. The molecule has 2 rings (SSSR count). The van der Waals surface area contributed by atoms with E-state index >= 15 is 0 Å². The summed E-state index contributed by atoms with van der Waals surface area (Å²) in [4.78, 5) is 14.9. The maximum absolute atomic E-state index is 12.2. The molecule has 0 saturated carbocycles. The van der Waals surface area contributed by atoms with Gasteiger partial charge in [0.15, 0.2) is 5.60 Å². The molecule has 0 fully saturated rings. The third-order valence-corrected chi connectivity index (χ3v) is 3.79. The van der Waals surface area contributed by atoms with Gasteiger partial charge in [-0.1, -0.05) is 60.7 Å². The van der Waals surface area contributed by atoms with Gasteiger partial charge in [-0.2, -0.15) is 4.79 Å². The number of hydrogen-bond donors (Lipinski definition) is 1. The highest BCUT2D eigenvalue weighted by molar-refractivity contribution is 6.33. The number of ketones is 1. The second-order valence-electron chi connectivity index (χ2n) is 4.51. The lowest BCUT2D eigenvalue weighted by molar-refractivity contribution is -0.134. The number of alkyl halides is 1. The van der Waals surface area contributed by atoms with Gasteiger partial charge in [0, 0.05) is 0 Å². The molecular weight excluding hydrogens is 288 g/mol. The van der Waals surface area contributed by atoms with Crippen LogP contribution in [0.25, 0.3) is 5.53 Å². The molecule has 2 aromatic carbocycles. The van der Waals surface area contributed by atoms with Crippen molar-refractivity contribution in [1.82, 2.24) is 0 Å². The summed E-state index contributed by atoms with van der Waals surface area (Å²) in [6.07, 6.45) is 0.658. The average Bonchev–Trinajstić information content (AvgIpc) is 2.55. The van der Waals surface area contributed by atoms with Crippen molar-refractivity contribution < 1.29 is 14.7 Å². The molecule has 4 nitrogen and oxygen atoms in total. The largest absolute Gasteiger partial charge is 0.375 e. The zero-order valence-corrected chi connectivity index (χ0v) is 11.8. The standard InChI is InChI=1S/C16H13ClN2O2/c17-15(12-7-3-1-4-8-12)16(21,14(20)11-19-18)13-9-5-2-6-10-13/h1-11,15,21H/t15-,16+/m0/s1. The summed E-state index contributed by atoms with van der Waals surface area (Å²) in [6.45, 7) is 0. The quantitative estimate of drug-likeness (QED) is 0.399. The van der Waals surface area contributed by atoms with Crippen molar-refractivity contribution in [1.29, 1.82) is 0 Å². The minimum absolute atomic E-state index is 0.332. The van der Waals surface area contributed by atoms with Crippen LogP contribution < -0.4 is 0 Å². The molecule has 0 aliphatic carbocycles. The van der Waals surface area contributed by atoms with Crippen molar-refractivity contribution in [3.05, 3.63) is 77.3 Å². The molecule has 0 saturated heterocycles. The highest BCUT2D eigenvalue weighted by Gasteiger charge is 2.46. The number of benzene rings is 2. The summed E-state index contributed by atoms with van der Waals surface area (Å²) in [5, 5.41) is 9.90. The summed E-state index contributed by atoms with van der Waals surface area (Å²) in [7, 11) is 0. The first-order chi connectivity index (χ1) is 10.1. The minimum atomic E-state index is -2.02. The Morgan fingerprint density at radius 1 is 1.14 bits per heavy atom. The summed E-state index contributed by atoms with van der Waals surface area (Å²) >= 11 is 6.36. The molecule has 21 heavy (non-hydrogen) atoms. The van der Waals surface area contributed by atoms with E-state index in [0.717, 1.165) is 0 Å². The van der Waals surface area contributed by atoms with E-state index < -0.39 is 16.8 Å². The lowest BCUT2D eigenvalue weighted by Gasteiger charge is -2.29. The van der Waals surface area contributed by atoms with E-state index in [1.54, 1.807) is 54.6 Å². The molecule has 0 aromatic heterocycles. The van der Waals surface area contributed by atoms with Crippen molar-refractivity contribution in [3.8, 4) is 0 Å². The van der Waals surface area contributed by atoms with Gasteiger partial charge < -0.3 is 10.6 Å². The van der Waals surface area contributed by atoms with Crippen molar-refractivity contribution in [2.75, 3.05) is 0 Å². The van der Waals surface area contributed by atoms with Crippen molar-refractivity contribution in [3.63, 3.8) is 0 Å². The van der Waals surface area contributed by atoms with Gasteiger partial charge in [0.2, 0.25) is 0 Å². The highest BCUT2D eigenvalue weighted by atomic mass is 35.5. The minimum Gasteiger partial charge on any atom is -0.375 e. The Bertz CT molecular complexity index is 669. The number of aliphatic hydroxyl groups is 1. The van der Waals surface area contributed by atoms with Crippen LogP contribution in [0.4, 0.5) is 0 Å². The van der Waals surface area contributed by atoms with Crippen LogP contribution >= 0.6 is 11.6 Å². The molecular formula is C16H13ClN2O2. The maximum Gasteiger partial charge on any atom is 0.326 e. The molecule has 0 aliphatic rings. The molecule has 0 spiro atoms. The van der Waals surface area contributed by atoms with E-state index in [4.69, 9.17) is 17.1 Å². The number of nitrogens with zero attached hydrogens (tertiary/aromatic N) is 2. The third-order valence-electron chi connectivity index (χ3n) is 3.22. The van der Waals surface area contributed by atoms with E-state index in [0.29, 0.717) is 17.3 Å². The molecule has 0 heterocycles. The van der Waals surface area contributed by atoms with Gasteiger partial charge >= 0.3 is 6.21 Å². The van der Waals surface area contributed by atoms with Gasteiger partial charge in [-0.05, 0) is 11.1 Å². The molecule has 0 radical (unpaired) electrons. The molecule has 0 unspecified atom stereocenters. The van der Waals surface area contributed by atoms with Crippen LogP contribution in [0.15, 0.2) is 60.7 Å². The summed E-state index contributed by atoms with van der Waals surface area (Å²) in [5.74, 6) is -0.792. The zero-order chi connectivity index (χ0) is 15.3. The van der Waals surface area contributed by atoms with Crippen LogP contribution in [0.3, 0.4) is 0 Å². The summed E-state index contributed by atoms with van der Waals surface area (Å²) in [5.41, 5.74) is 7.50. The van der Waals surface area contributed by atoms with E-state index in [-0.39, 0.29) is 0 Å². The van der Waals surface area contributed by atoms with Gasteiger partial charge in [-0.3, -0.25) is 4.79 Å². The van der Waals surface area contributed by atoms with Gasteiger partial charge in [-0.15, -0.1) is 11.6 Å². The normalized spacial score (nSPS) is 14.6. The Balaban J connectivity index is 2.56. The lowest BCUT2D eigenvalue weighted by Crippen LogP contribution is -2.40. The van der Waals surface area contributed by atoms with Crippen molar-refractivity contribution in [2.24, 2.45) is 0 Å². The summed E-state index contributed by atoms with van der Waals surface area (Å²) < 4.78 is 0. The van der Waals surface area contributed by atoms with Crippen LogP contribution in [-0.4, -0.2) is 21.9 Å². The fourth-order valence-electron chi connectivity index (χ4n) is 2.12. The lowest BCUT2D eigenvalue weighted by atomic mass is 9.83. The number of rotatable bonds is 5. The van der Waals surface area contributed by atoms with Crippen LogP contribution in [0.1, 0.15) is 16.5 Å². The molecule has 106 valence electrons. The molecule has 2 atom stereocenters. The average molecular weight is 301 g/mol. The van der Waals surface area contributed by atoms with E-state index in [9.17, 15) is 9.90 Å². The Morgan fingerprint density at radius 3 is 2.19 bits per heavy atom. The van der Waals surface area contributed by atoms with Crippen LogP contribution in [0, 0.1) is 0 Å². The third kappa shape index (κ3) is 2.93. The molecule has 0 bridgehead atoms. The second kappa shape index (κ2) is 6.46. The number of carbonyl (C=O) groups is 1. The maximum atomic E-state index is 12.2. The highest BCUT2D eigenvalue weighted by Crippen LogP contribution is 2.40. The predicted molar refractivity (Wildman–Crippen MR) is 80.1 cm³/mol. The Labute approximate surface area is 127 Å². The molecule has 1 N–H and O–H groups in total. The van der Waals surface area contributed by atoms with Crippen LogP contribution in [0.2, 0.25) is 0 Å². The number of halogens is 1. The van der Waals surface area contributed by atoms with E-state index in [2.05, 4.69) is 4.79 Å². The topological polar surface area (TPSA) is 73.7 Å². The Morgan fingerprint density at radius 2 is 1.67 bits per heavy atom. The summed E-state index contributed by atoms with van der Waals surface area (Å²) in [6, 6.07) is 17.1. The van der Waals surface area contributed by atoms with Gasteiger partial charge in [0.05, 0.1) is 5.38 Å². The second-order valence-corrected chi connectivity index (χ2v) is 4.95. The first-order valence-electron chi connectivity index (χ1n) is 6.29. The monoisotopic (exact) mass is 300 g/mol. The zero-order valence-electron chi connectivity index (χ0n) is 11.1. The number of carbonyl (C=O) groups excluding carboxylic acids is 1. The van der Waals surface area contributed by atoms with Gasteiger partial charge in [-0.25, -0.2) is 0 Å². The number of hydrogen-bond acceptors (Lipinski definition) is 2. The van der Waals surface area contributed by atoms with E-state index in [1.165, 1.54) is 0 Å². The number of Topliss-reactive ketones (excluding diaryl/α,β-unsaturated/α-hetero) is 1. The van der Waals surface area contributed by atoms with Crippen molar-refractivity contribution >= 4 is 23.6 Å². The molecule has 5 heteroatoms. The van der Waals surface area contributed by atoms with Crippen LogP contribution in [-0.2, 0) is 10.4 Å². The Kier molecular flexibility index (Phi) is 4.66. The first kappa shape index (κ1) is 15.1. The molecule has 0 aliphatic heterocycles. The fourth-order valence-corrected chi connectivity index (χ4v) is 2.50. The van der Waals surface area contributed by atoms with Crippen LogP contribution in [0.5, 0.6) is 0 Å². The SMILES string of the molecule is [N-]=[N+]=CC(=O)[C@](O)(c1ccccc1)[C@@H](Cl)c1ccccc1. The smallest absolute Gasteiger partial charge is 0.326 e. The van der Waals surface area contributed by atoms with Gasteiger partial charge in [0.1, 0.15) is 0 Å². The van der Waals surface area contributed by atoms with Crippen molar-refractivity contribution in [2.45, 2.75) is 11.0 Å². The first-order valence-corrected chi connectivity index (χ1v) is 6.73.